The molecule has 0 saturated carbocycles. The SMILES string of the molecule is O=C(c1ccccc1)c1cc(O)c2cccc3c2c1CC3. The number of phenols is 1. The molecule has 2 heteroatoms. The number of rotatable bonds is 2. The molecule has 0 radical (unpaired) electrons. The first-order valence-electron chi connectivity index (χ1n) is 7.12. The number of carbonyl (C=O) groups excluding carboxylic acids is 1. The standard InChI is InChI=1S/C19H14O2/c20-17-11-16(19(21)13-5-2-1-3-6-13)14-10-9-12-7-4-8-15(17)18(12)14/h1-8,11,20H,9-10H2. The molecular formula is C19H14O2. The molecule has 0 bridgehead atoms. The lowest BCUT2D eigenvalue weighted by molar-refractivity contribution is 0.103. The van der Waals surface area contributed by atoms with Gasteiger partial charge in [0.1, 0.15) is 5.75 Å². The van der Waals surface area contributed by atoms with Crippen LogP contribution in [0, 0.1) is 0 Å². The Kier molecular flexibility index (Phi) is 2.58. The fourth-order valence-electron chi connectivity index (χ4n) is 3.28. The van der Waals surface area contributed by atoms with E-state index >= 15 is 0 Å². The van der Waals surface area contributed by atoms with Crippen molar-refractivity contribution in [1.29, 1.82) is 0 Å². The summed E-state index contributed by atoms with van der Waals surface area (Å²) >= 11 is 0. The van der Waals surface area contributed by atoms with E-state index in [0.717, 1.165) is 29.2 Å². The zero-order chi connectivity index (χ0) is 14.4. The van der Waals surface area contributed by atoms with E-state index in [0.29, 0.717) is 11.1 Å². The number of aromatic hydroxyl groups is 1. The van der Waals surface area contributed by atoms with Crippen molar-refractivity contribution in [3.8, 4) is 5.75 Å². The van der Waals surface area contributed by atoms with Gasteiger partial charge in [0, 0.05) is 16.5 Å². The van der Waals surface area contributed by atoms with Crippen molar-refractivity contribution >= 4 is 16.6 Å². The summed E-state index contributed by atoms with van der Waals surface area (Å²) in [6.07, 6.45) is 1.80. The molecule has 0 saturated heterocycles. The minimum atomic E-state index is -0.0143. The van der Waals surface area contributed by atoms with Crippen LogP contribution in [-0.4, -0.2) is 10.9 Å². The Hall–Kier alpha value is -2.61. The van der Waals surface area contributed by atoms with Gasteiger partial charge in [-0.2, -0.15) is 0 Å². The third-order valence-electron chi connectivity index (χ3n) is 4.26. The lowest BCUT2D eigenvalue weighted by Gasteiger charge is -2.10. The van der Waals surface area contributed by atoms with Crippen LogP contribution in [0.4, 0.5) is 0 Å². The Bertz CT molecular complexity index is 864. The number of hydrogen-bond acceptors (Lipinski definition) is 2. The van der Waals surface area contributed by atoms with Crippen molar-refractivity contribution in [2.24, 2.45) is 0 Å². The maximum Gasteiger partial charge on any atom is 0.193 e. The zero-order valence-electron chi connectivity index (χ0n) is 11.5. The second kappa shape index (κ2) is 4.45. The maximum atomic E-state index is 12.7. The van der Waals surface area contributed by atoms with E-state index in [4.69, 9.17) is 0 Å². The van der Waals surface area contributed by atoms with E-state index in [1.165, 1.54) is 5.56 Å². The van der Waals surface area contributed by atoms with Gasteiger partial charge in [-0.05, 0) is 35.4 Å². The first-order chi connectivity index (χ1) is 10.3. The molecule has 21 heavy (non-hydrogen) atoms. The zero-order valence-corrected chi connectivity index (χ0v) is 11.5. The number of aryl methyl sites for hydroxylation is 2. The van der Waals surface area contributed by atoms with Gasteiger partial charge >= 0.3 is 0 Å². The predicted octanol–water partition coefficient (Wildman–Crippen LogP) is 3.88. The van der Waals surface area contributed by atoms with Crippen molar-refractivity contribution in [2.75, 3.05) is 0 Å². The van der Waals surface area contributed by atoms with E-state index in [9.17, 15) is 9.90 Å². The van der Waals surface area contributed by atoms with Gasteiger partial charge in [-0.15, -0.1) is 0 Å². The molecular weight excluding hydrogens is 260 g/mol. The van der Waals surface area contributed by atoms with Crippen LogP contribution in [0.1, 0.15) is 27.0 Å². The second-order valence-electron chi connectivity index (χ2n) is 5.46. The van der Waals surface area contributed by atoms with Crippen molar-refractivity contribution in [2.45, 2.75) is 12.8 Å². The molecule has 0 unspecified atom stereocenters. The molecule has 1 aliphatic carbocycles. The minimum absolute atomic E-state index is 0.0143. The molecule has 0 aliphatic heterocycles. The van der Waals surface area contributed by atoms with Crippen LogP contribution >= 0.6 is 0 Å². The molecule has 3 aromatic carbocycles. The van der Waals surface area contributed by atoms with E-state index in [1.54, 1.807) is 6.07 Å². The van der Waals surface area contributed by atoms with Gasteiger partial charge in [0.05, 0.1) is 0 Å². The monoisotopic (exact) mass is 274 g/mol. The summed E-state index contributed by atoms with van der Waals surface area (Å²) < 4.78 is 0. The van der Waals surface area contributed by atoms with Gasteiger partial charge in [0.2, 0.25) is 0 Å². The third-order valence-corrected chi connectivity index (χ3v) is 4.26. The molecule has 1 N–H and O–H groups in total. The fourth-order valence-corrected chi connectivity index (χ4v) is 3.28. The molecule has 102 valence electrons. The Labute approximate surface area is 122 Å². The van der Waals surface area contributed by atoms with Crippen LogP contribution < -0.4 is 0 Å². The minimum Gasteiger partial charge on any atom is -0.507 e. The summed E-state index contributed by atoms with van der Waals surface area (Å²) in [5.74, 6) is 0.177. The van der Waals surface area contributed by atoms with Gasteiger partial charge in [-0.25, -0.2) is 0 Å². The summed E-state index contributed by atoms with van der Waals surface area (Å²) in [7, 11) is 0. The van der Waals surface area contributed by atoms with Gasteiger partial charge in [-0.1, -0.05) is 48.5 Å². The van der Waals surface area contributed by atoms with E-state index in [1.807, 2.05) is 42.5 Å². The lowest BCUT2D eigenvalue weighted by Crippen LogP contribution is -2.04. The van der Waals surface area contributed by atoms with Crippen molar-refractivity contribution in [3.05, 3.63) is 76.9 Å². The Morgan fingerprint density at radius 1 is 0.952 bits per heavy atom. The van der Waals surface area contributed by atoms with Crippen LogP contribution in [0.3, 0.4) is 0 Å². The van der Waals surface area contributed by atoms with Gasteiger partial charge in [0.25, 0.3) is 0 Å². The summed E-state index contributed by atoms with van der Waals surface area (Å²) in [6.45, 7) is 0. The van der Waals surface area contributed by atoms with Gasteiger partial charge < -0.3 is 5.11 Å². The number of ketones is 1. The third kappa shape index (κ3) is 1.76. The first-order valence-corrected chi connectivity index (χ1v) is 7.12. The summed E-state index contributed by atoms with van der Waals surface area (Å²) in [6, 6.07) is 16.8. The van der Waals surface area contributed by atoms with E-state index in [-0.39, 0.29) is 11.5 Å². The quantitative estimate of drug-likeness (QED) is 0.720. The van der Waals surface area contributed by atoms with E-state index in [2.05, 4.69) is 6.07 Å². The highest BCUT2D eigenvalue weighted by atomic mass is 16.3. The molecule has 0 atom stereocenters. The smallest absolute Gasteiger partial charge is 0.193 e. The molecule has 0 aromatic heterocycles. The van der Waals surface area contributed by atoms with Crippen molar-refractivity contribution < 1.29 is 9.90 Å². The van der Waals surface area contributed by atoms with Crippen LogP contribution in [-0.2, 0) is 12.8 Å². The number of benzene rings is 3. The van der Waals surface area contributed by atoms with Crippen molar-refractivity contribution in [3.63, 3.8) is 0 Å². The largest absolute Gasteiger partial charge is 0.507 e. The fraction of sp³-hybridized carbons (Fsp3) is 0.105. The van der Waals surface area contributed by atoms with Crippen LogP contribution in [0.5, 0.6) is 5.75 Å². The van der Waals surface area contributed by atoms with Crippen LogP contribution in [0.25, 0.3) is 10.8 Å². The van der Waals surface area contributed by atoms with Crippen LogP contribution in [0.15, 0.2) is 54.6 Å². The predicted molar refractivity (Wildman–Crippen MR) is 82.9 cm³/mol. The van der Waals surface area contributed by atoms with Gasteiger partial charge in [-0.3, -0.25) is 4.79 Å². The molecule has 0 heterocycles. The highest BCUT2D eigenvalue weighted by molar-refractivity contribution is 6.14. The maximum absolute atomic E-state index is 12.7. The first kappa shape index (κ1) is 12.2. The Morgan fingerprint density at radius 3 is 2.57 bits per heavy atom. The number of hydrogen-bond donors (Lipinski definition) is 1. The highest BCUT2D eigenvalue weighted by Gasteiger charge is 2.23. The summed E-state index contributed by atoms with van der Waals surface area (Å²) in [5.41, 5.74) is 3.60. The second-order valence-corrected chi connectivity index (χ2v) is 5.46. The molecule has 0 spiro atoms. The van der Waals surface area contributed by atoms with Crippen molar-refractivity contribution in [1.82, 2.24) is 0 Å². The molecule has 3 aromatic rings. The molecule has 2 nitrogen and oxygen atoms in total. The molecule has 1 aliphatic rings. The van der Waals surface area contributed by atoms with Crippen LogP contribution in [0.2, 0.25) is 0 Å². The highest BCUT2D eigenvalue weighted by Crippen LogP contribution is 2.38. The Balaban J connectivity index is 1.99. The summed E-state index contributed by atoms with van der Waals surface area (Å²) in [4.78, 5) is 12.7. The average molecular weight is 274 g/mol. The molecule has 4 rings (SSSR count). The van der Waals surface area contributed by atoms with Gasteiger partial charge in [0.15, 0.2) is 5.78 Å². The number of phenolic OH excluding ortho intramolecular Hbond substituents is 1. The average Bonchev–Trinajstić information content (AvgIpc) is 2.96. The Morgan fingerprint density at radius 2 is 1.76 bits per heavy atom. The topological polar surface area (TPSA) is 37.3 Å². The van der Waals surface area contributed by atoms with E-state index < -0.39 is 0 Å². The number of carbonyl (C=O) groups is 1. The lowest BCUT2D eigenvalue weighted by atomic mass is 9.94. The summed E-state index contributed by atoms with van der Waals surface area (Å²) in [5, 5.41) is 12.2. The molecule has 0 amide bonds. The normalized spacial score (nSPS) is 12.8. The molecule has 0 fully saturated rings.